The highest BCUT2D eigenvalue weighted by molar-refractivity contribution is 7.84. The van der Waals surface area contributed by atoms with Crippen molar-refractivity contribution in [2.75, 3.05) is 0 Å². The quantitative estimate of drug-likeness (QED) is 0.327. The first kappa shape index (κ1) is 18.9. The van der Waals surface area contributed by atoms with Crippen LogP contribution in [0.5, 0.6) is 0 Å². The number of benzene rings is 1. The third kappa shape index (κ3) is 3.39. The van der Waals surface area contributed by atoms with Crippen molar-refractivity contribution in [3.63, 3.8) is 0 Å². The van der Waals surface area contributed by atoms with Gasteiger partial charge in [0.05, 0.1) is 27.5 Å². The van der Waals surface area contributed by atoms with Gasteiger partial charge in [-0.2, -0.15) is 9.83 Å². The standard InChI is InChI=1S/C19H18N4O3S/c1-12-6-5-9-22(11-12)17-16(13-7-3-4-8-15(13)23(25)26)14(10-20)18(27)21-19(17,2)24/h3-9,11,16-17,21,24H,1-2H3/p+1/t16-,17+,19+/m0/s1. The highest BCUT2D eigenvalue weighted by Crippen LogP contribution is 2.45. The smallest absolute Gasteiger partial charge is 0.273 e. The zero-order valence-electron chi connectivity index (χ0n) is 14.8. The van der Waals surface area contributed by atoms with Crippen molar-refractivity contribution in [1.29, 1.82) is 5.26 Å². The molecule has 1 aromatic heterocycles. The van der Waals surface area contributed by atoms with E-state index in [9.17, 15) is 20.5 Å². The van der Waals surface area contributed by atoms with Gasteiger partial charge in [0.25, 0.3) is 5.69 Å². The molecule has 3 rings (SSSR count). The van der Waals surface area contributed by atoms with E-state index in [1.807, 2.05) is 25.3 Å². The molecule has 0 bridgehead atoms. The van der Waals surface area contributed by atoms with Crippen LogP contribution in [-0.4, -0.2) is 15.8 Å². The average Bonchev–Trinajstić information content (AvgIpc) is 2.60. The first-order valence-corrected chi connectivity index (χ1v) is 8.75. The van der Waals surface area contributed by atoms with Gasteiger partial charge in [-0.15, -0.1) is 12.6 Å². The number of nitrogens with one attached hydrogen (secondary N) is 1. The van der Waals surface area contributed by atoms with Crippen LogP contribution in [0.3, 0.4) is 0 Å². The summed E-state index contributed by atoms with van der Waals surface area (Å²) in [6.07, 6.45) is 3.61. The van der Waals surface area contributed by atoms with Gasteiger partial charge in [0.2, 0.25) is 6.04 Å². The van der Waals surface area contributed by atoms with E-state index in [4.69, 9.17) is 0 Å². The zero-order chi connectivity index (χ0) is 19.8. The Kier molecular flexibility index (Phi) is 4.91. The van der Waals surface area contributed by atoms with Gasteiger partial charge in [-0.3, -0.25) is 10.1 Å². The number of aromatic nitrogens is 1. The van der Waals surface area contributed by atoms with Crippen molar-refractivity contribution in [1.82, 2.24) is 5.32 Å². The summed E-state index contributed by atoms with van der Waals surface area (Å²) in [7, 11) is 0. The molecule has 2 N–H and O–H groups in total. The third-order valence-electron chi connectivity index (χ3n) is 4.71. The molecule has 0 unspecified atom stereocenters. The van der Waals surface area contributed by atoms with Crippen molar-refractivity contribution in [2.24, 2.45) is 0 Å². The van der Waals surface area contributed by atoms with E-state index in [2.05, 4.69) is 24.0 Å². The van der Waals surface area contributed by atoms with E-state index in [0.717, 1.165) is 5.56 Å². The number of rotatable bonds is 3. The van der Waals surface area contributed by atoms with E-state index in [1.54, 1.807) is 35.9 Å². The summed E-state index contributed by atoms with van der Waals surface area (Å²) in [4.78, 5) is 11.1. The normalized spacial score (nSPS) is 24.9. The Labute approximate surface area is 162 Å². The molecule has 0 amide bonds. The molecule has 7 nitrogen and oxygen atoms in total. The monoisotopic (exact) mass is 383 g/mol. The predicted molar refractivity (Wildman–Crippen MR) is 102 cm³/mol. The van der Waals surface area contributed by atoms with Crippen LogP contribution in [0.2, 0.25) is 0 Å². The lowest BCUT2D eigenvalue weighted by Gasteiger charge is -2.39. The fraction of sp³-hybridized carbons (Fsp3) is 0.263. The van der Waals surface area contributed by atoms with Crippen LogP contribution in [0, 0.1) is 28.4 Å². The summed E-state index contributed by atoms with van der Waals surface area (Å²) in [5.74, 6) is -0.757. The molecule has 2 aromatic rings. The highest BCUT2D eigenvalue weighted by atomic mass is 32.1. The molecule has 27 heavy (non-hydrogen) atoms. The molecule has 3 atom stereocenters. The predicted octanol–water partition coefficient (Wildman–Crippen LogP) is 2.49. The summed E-state index contributed by atoms with van der Waals surface area (Å²) in [5, 5.41) is 35.5. The first-order valence-electron chi connectivity index (χ1n) is 8.30. The molecule has 1 aliphatic rings. The number of nitro benzene ring substituents is 1. The molecule has 8 heteroatoms. The Morgan fingerprint density at radius 1 is 1.37 bits per heavy atom. The van der Waals surface area contributed by atoms with Crippen LogP contribution in [0.25, 0.3) is 0 Å². The third-order valence-corrected chi connectivity index (χ3v) is 5.06. The molecule has 0 aliphatic carbocycles. The molecular weight excluding hydrogens is 364 g/mol. The average molecular weight is 383 g/mol. The minimum Gasteiger partial charge on any atom is -0.366 e. The van der Waals surface area contributed by atoms with Crippen molar-refractivity contribution in [3.8, 4) is 6.07 Å². The number of allylic oxidation sites excluding steroid dienone is 1. The van der Waals surface area contributed by atoms with Crippen molar-refractivity contribution >= 4 is 18.3 Å². The van der Waals surface area contributed by atoms with E-state index in [1.165, 1.54) is 6.07 Å². The maximum absolute atomic E-state index is 11.6. The topological polar surface area (TPSA) is 103 Å². The number of aliphatic hydroxyl groups is 1. The Balaban J connectivity index is 2.32. The van der Waals surface area contributed by atoms with Crippen molar-refractivity contribution in [3.05, 3.63) is 80.6 Å². The minimum absolute atomic E-state index is 0.104. The van der Waals surface area contributed by atoms with Crippen LogP contribution in [0.15, 0.2) is 59.4 Å². The molecule has 0 radical (unpaired) electrons. The van der Waals surface area contributed by atoms with Gasteiger partial charge in [0.1, 0.15) is 0 Å². The number of para-hydroxylation sites is 1. The number of hydrogen-bond acceptors (Lipinski definition) is 6. The Bertz CT molecular complexity index is 981. The van der Waals surface area contributed by atoms with E-state index in [0.29, 0.717) is 5.56 Å². The molecule has 2 heterocycles. The van der Waals surface area contributed by atoms with Gasteiger partial charge < -0.3 is 10.4 Å². The van der Waals surface area contributed by atoms with E-state index >= 15 is 0 Å². The molecular formula is C19H19N4O3S+. The van der Waals surface area contributed by atoms with Gasteiger partial charge in [0, 0.05) is 23.3 Å². The lowest BCUT2D eigenvalue weighted by Crippen LogP contribution is -2.62. The number of aryl methyl sites for hydroxylation is 1. The molecule has 0 saturated heterocycles. The zero-order valence-corrected chi connectivity index (χ0v) is 15.7. The van der Waals surface area contributed by atoms with Crippen molar-refractivity contribution in [2.45, 2.75) is 31.5 Å². The lowest BCUT2D eigenvalue weighted by molar-refractivity contribution is -0.741. The second kappa shape index (κ2) is 7.02. The largest absolute Gasteiger partial charge is 0.366 e. The number of hydrogen-bond donors (Lipinski definition) is 3. The van der Waals surface area contributed by atoms with Crippen LogP contribution >= 0.6 is 12.6 Å². The summed E-state index contributed by atoms with van der Waals surface area (Å²) in [6, 6.07) is 11.4. The Morgan fingerprint density at radius 2 is 2.07 bits per heavy atom. The molecule has 0 fully saturated rings. The van der Waals surface area contributed by atoms with Crippen LogP contribution in [0.4, 0.5) is 5.69 Å². The minimum atomic E-state index is -1.50. The maximum atomic E-state index is 11.6. The SMILES string of the molecule is Cc1ccc[n+]([C@@H]2[C@@H](c3ccccc3[N+](=O)[O-])C(C#N)=C(S)N[C@]2(C)O)c1. The van der Waals surface area contributed by atoms with Crippen molar-refractivity contribution < 1.29 is 14.6 Å². The Hall–Kier alpha value is -2.89. The molecule has 0 spiro atoms. The Morgan fingerprint density at radius 3 is 2.70 bits per heavy atom. The van der Waals surface area contributed by atoms with Crippen LogP contribution < -0.4 is 9.88 Å². The molecule has 1 aliphatic heterocycles. The summed E-state index contributed by atoms with van der Waals surface area (Å²) < 4.78 is 1.78. The number of thiol groups is 1. The molecule has 0 saturated carbocycles. The van der Waals surface area contributed by atoms with Crippen LogP contribution in [0.1, 0.15) is 30.0 Å². The number of pyridine rings is 1. The van der Waals surface area contributed by atoms with Gasteiger partial charge >= 0.3 is 0 Å². The lowest BCUT2D eigenvalue weighted by atomic mass is 9.77. The summed E-state index contributed by atoms with van der Waals surface area (Å²) in [6.45, 7) is 3.48. The second-order valence-electron chi connectivity index (χ2n) is 6.71. The fourth-order valence-electron chi connectivity index (χ4n) is 3.63. The highest BCUT2D eigenvalue weighted by Gasteiger charge is 2.53. The number of nitro groups is 1. The maximum Gasteiger partial charge on any atom is 0.273 e. The van der Waals surface area contributed by atoms with Crippen LogP contribution in [-0.2, 0) is 0 Å². The molecule has 138 valence electrons. The van der Waals surface area contributed by atoms with Gasteiger partial charge in [0.15, 0.2) is 18.1 Å². The number of nitrogens with zero attached hydrogens (tertiary/aromatic N) is 3. The van der Waals surface area contributed by atoms with E-state index < -0.39 is 22.6 Å². The fourth-order valence-corrected chi connectivity index (χ4v) is 4.04. The molecule has 1 aromatic carbocycles. The number of nitriles is 1. The first-order chi connectivity index (χ1) is 12.8. The summed E-state index contributed by atoms with van der Waals surface area (Å²) in [5.41, 5.74) is -0.0600. The van der Waals surface area contributed by atoms with Gasteiger partial charge in [-0.25, -0.2) is 0 Å². The van der Waals surface area contributed by atoms with Gasteiger partial charge in [-0.1, -0.05) is 18.2 Å². The van der Waals surface area contributed by atoms with Gasteiger partial charge in [-0.05, 0) is 19.9 Å². The van der Waals surface area contributed by atoms with E-state index in [-0.39, 0.29) is 16.3 Å². The summed E-state index contributed by atoms with van der Waals surface area (Å²) >= 11 is 4.33. The second-order valence-corrected chi connectivity index (χ2v) is 7.16.